The Labute approximate surface area is 169 Å². The maximum atomic E-state index is 13.3. The van der Waals surface area contributed by atoms with Crippen molar-refractivity contribution in [2.45, 2.75) is 49.4 Å². The zero-order valence-electron chi connectivity index (χ0n) is 16.5. The Bertz CT molecular complexity index is 999. The normalized spacial score (nSPS) is 30.7. The summed E-state index contributed by atoms with van der Waals surface area (Å²) in [4.78, 5) is 30.0. The summed E-state index contributed by atoms with van der Waals surface area (Å²) in [7, 11) is 1.90. The van der Waals surface area contributed by atoms with Gasteiger partial charge in [-0.2, -0.15) is 5.10 Å². The van der Waals surface area contributed by atoms with Crippen LogP contribution in [0.25, 0.3) is 0 Å². The number of hydrogen-bond acceptors (Lipinski definition) is 4. The molecule has 1 saturated carbocycles. The van der Waals surface area contributed by atoms with Gasteiger partial charge in [-0.05, 0) is 24.5 Å². The van der Waals surface area contributed by atoms with E-state index in [1.807, 2.05) is 57.9 Å². The van der Waals surface area contributed by atoms with Gasteiger partial charge in [0.1, 0.15) is 0 Å². The molecule has 1 spiro atoms. The number of amides is 2. The van der Waals surface area contributed by atoms with Crippen molar-refractivity contribution in [3.63, 3.8) is 0 Å². The van der Waals surface area contributed by atoms with Gasteiger partial charge in [0.2, 0.25) is 5.91 Å². The summed E-state index contributed by atoms with van der Waals surface area (Å²) in [6.07, 6.45) is 3.31. The van der Waals surface area contributed by atoms with Crippen molar-refractivity contribution in [1.29, 1.82) is 0 Å². The first-order valence-electron chi connectivity index (χ1n) is 10.4. The summed E-state index contributed by atoms with van der Waals surface area (Å²) in [6, 6.07) is 11.6. The van der Waals surface area contributed by atoms with E-state index in [0.717, 1.165) is 11.3 Å². The Balaban J connectivity index is 1.30. The Morgan fingerprint density at radius 3 is 2.79 bits per heavy atom. The van der Waals surface area contributed by atoms with Crippen molar-refractivity contribution in [3.8, 4) is 0 Å². The fourth-order valence-corrected chi connectivity index (χ4v) is 5.50. The first-order valence-corrected chi connectivity index (χ1v) is 10.4. The highest BCUT2D eigenvalue weighted by Crippen LogP contribution is 2.51. The van der Waals surface area contributed by atoms with E-state index in [1.165, 1.54) is 12.8 Å². The van der Waals surface area contributed by atoms with Crippen LogP contribution < -0.4 is 0 Å². The van der Waals surface area contributed by atoms with Crippen LogP contribution in [0.3, 0.4) is 0 Å². The summed E-state index contributed by atoms with van der Waals surface area (Å²) in [5.74, 6) is 0.515. The molecule has 0 radical (unpaired) electrons. The lowest BCUT2D eigenvalue weighted by molar-refractivity contribution is -0.138. The van der Waals surface area contributed by atoms with Crippen molar-refractivity contribution < 1.29 is 14.3 Å². The van der Waals surface area contributed by atoms with E-state index in [-0.39, 0.29) is 23.9 Å². The molecule has 3 atom stereocenters. The second kappa shape index (κ2) is 5.92. The van der Waals surface area contributed by atoms with Gasteiger partial charge in [0, 0.05) is 31.6 Å². The maximum absolute atomic E-state index is 13.3. The van der Waals surface area contributed by atoms with Crippen molar-refractivity contribution in [2.24, 2.45) is 7.05 Å². The van der Waals surface area contributed by atoms with E-state index in [4.69, 9.17) is 4.74 Å². The zero-order valence-corrected chi connectivity index (χ0v) is 16.5. The predicted molar refractivity (Wildman–Crippen MR) is 104 cm³/mol. The fourth-order valence-electron chi connectivity index (χ4n) is 5.50. The number of hydrogen-bond donors (Lipinski definition) is 0. The first kappa shape index (κ1) is 17.2. The fraction of sp³-hybridized carbons (Fsp3) is 0.500. The van der Waals surface area contributed by atoms with Crippen molar-refractivity contribution in [1.82, 2.24) is 19.6 Å². The van der Waals surface area contributed by atoms with Crippen molar-refractivity contribution in [2.75, 3.05) is 13.2 Å². The average Bonchev–Trinajstić information content (AvgIpc) is 3.11. The van der Waals surface area contributed by atoms with E-state index in [1.54, 1.807) is 0 Å². The Morgan fingerprint density at radius 2 is 2.03 bits per heavy atom. The standard InChI is InChI=1S/C22H24N4O3/c1-24-17(15-7-8-15)11-16(23-24)21(28)25-10-9-22-19(25)12-20(27)26(22)18(13-29-22)14-5-3-2-4-6-14/h2-6,11,15,18-19H,7-10,12-13H2,1H3/t18-,19+,22-/m0/s1. The minimum absolute atomic E-state index is 0.0681. The third-order valence-corrected chi connectivity index (χ3v) is 7.03. The van der Waals surface area contributed by atoms with Crippen LogP contribution in [0, 0.1) is 0 Å². The smallest absolute Gasteiger partial charge is 0.274 e. The summed E-state index contributed by atoms with van der Waals surface area (Å²) < 4.78 is 8.14. The number of benzene rings is 1. The molecule has 2 amide bonds. The molecule has 3 saturated heterocycles. The van der Waals surface area contributed by atoms with Gasteiger partial charge in [0.25, 0.3) is 5.91 Å². The van der Waals surface area contributed by atoms with Crippen LogP contribution >= 0.6 is 0 Å². The average molecular weight is 392 g/mol. The molecular formula is C22H24N4O3. The summed E-state index contributed by atoms with van der Waals surface area (Å²) in [5.41, 5.74) is 2.01. The SMILES string of the molecule is Cn1nc(C(=O)N2CC[C@@]34OC[C@@H](c5ccccc5)N3C(=O)C[C@@H]24)cc1C1CC1. The van der Waals surface area contributed by atoms with Gasteiger partial charge >= 0.3 is 0 Å². The molecule has 7 heteroatoms. The van der Waals surface area contributed by atoms with Crippen LogP contribution in [-0.2, 0) is 16.6 Å². The Kier molecular flexibility index (Phi) is 3.51. The summed E-state index contributed by atoms with van der Waals surface area (Å²) >= 11 is 0. The van der Waals surface area contributed by atoms with Gasteiger partial charge in [-0.25, -0.2) is 0 Å². The number of ether oxygens (including phenoxy) is 1. The maximum Gasteiger partial charge on any atom is 0.274 e. The van der Waals surface area contributed by atoms with Crippen LogP contribution in [0.5, 0.6) is 0 Å². The third-order valence-electron chi connectivity index (χ3n) is 7.03. The second-order valence-corrected chi connectivity index (χ2v) is 8.67. The number of aromatic nitrogens is 2. The van der Waals surface area contributed by atoms with Crippen LogP contribution in [0.15, 0.2) is 36.4 Å². The zero-order chi connectivity index (χ0) is 19.8. The Morgan fingerprint density at radius 1 is 1.24 bits per heavy atom. The van der Waals surface area contributed by atoms with Crippen molar-refractivity contribution in [3.05, 3.63) is 53.3 Å². The van der Waals surface area contributed by atoms with E-state index >= 15 is 0 Å². The van der Waals surface area contributed by atoms with Crippen LogP contribution in [0.1, 0.15) is 59.4 Å². The molecule has 4 aliphatic rings. The number of likely N-dealkylation sites (tertiary alicyclic amines) is 1. The number of carbonyl (C=O) groups excluding carboxylic acids is 2. The molecule has 150 valence electrons. The van der Waals surface area contributed by atoms with Gasteiger partial charge in [-0.15, -0.1) is 0 Å². The highest BCUT2D eigenvalue weighted by atomic mass is 16.5. The first-order chi connectivity index (χ1) is 14.1. The molecular weight excluding hydrogens is 368 g/mol. The highest BCUT2D eigenvalue weighted by molar-refractivity contribution is 5.94. The van der Waals surface area contributed by atoms with Gasteiger partial charge in [-0.3, -0.25) is 14.3 Å². The number of aryl methyl sites for hydroxylation is 1. The molecule has 0 bridgehead atoms. The molecule has 29 heavy (non-hydrogen) atoms. The molecule has 1 aliphatic carbocycles. The van der Waals surface area contributed by atoms with Gasteiger partial charge in [0.05, 0.1) is 25.1 Å². The third kappa shape index (κ3) is 2.37. The molecule has 2 aromatic rings. The van der Waals surface area contributed by atoms with Gasteiger partial charge in [0.15, 0.2) is 11.4 Å². The molecule has 7 nitrogen and oxygen atoms in total. The molecule has 6 rings (SSSR count). The van der Waals surface area contributed by atoms with E-state index in [2.05, 4.69) is 5.10 Å². The quantitative estimate of drug-likeness (QED) is 0.803. The van der Waals surface area contributed by atoms with Crippen molar-refractivity contribution >= 4 is 11.8 Å². The second-order valence-electron chi connectivity index (χ2n) is 8.67. The molecule has 3 aliphatic heterocycles. The number of carbonyl (C=O) groups is 2. The van der Waals surface area contributed by atoms with E-state index in [0.29, 0.717) is 37.6 Å². The lowest BCUT2D eigenvalue weighted by Gasteiger charge is -2.33. The predicted octanol–water partition coefficient (Wildman–Crippen LogP) is 2.21. The number of rotatable bonds is 3. The largest absolute Gasteiger partial charge is 0.351 e. The lowest BCUT2D eigenvalue weighted by Crippen LogP contribution is -2.49. The number of nitrogens with zero attached hydrogens (tertiary/aromatic N) is 4. The molecule has 0 N–H and O–H groups in total. The van der Waals surface area contributed by atoms with Gasteiger partial charge < -0.3 is 14.5 Å². The molecule has 0 unspecified atom stereocenters. The highest BCUT2D eigenvalue weighted by Gasteiger charge is 2.65. The van der Waals surface area contributed by atoms with E-state index < -0.39 is 5.72 Å². The molecule has 1 aromatic heterocycles. The molecule has 4 heterocycles. The lowest BCUT2D eigenvalue weighted by atomic mass is 10.0. The molecule has 1 aromatic carbocycles. The Hall–Kier alpha value is -2.67. The topological polar surface area (TPSA) is 67.7 Å². The summed E-state index contributed by atoms with van der Waals surface area (Å²) in [5, 5.41) is 4.48. The van der Waals surface area contributed by atoms with Gasteiger partial charge in [-0.1, -0.05) is 30.3 Å². The minimum Gasteiger partial charge on any atom is -0.351 e. The monoisotopic (exact) mass is 392 g/mol. The minimum atomic E-state index is -0.693. The van der Waals surface area contributed by atoms with E-state index in [9.17, 15) is 9.59 Å². The summed E-state index contributed by atoms with van der Waals surface area (Å²) in [6.45, 7) is 1.06. The van der Waals surface area contributed by atoms with Crippen LogP contribution in [-0.4, -0.2) is 56.3 Å². The molecule has 4 fully saturated rings. The van der Waals surface area contributed by atoms with Crippen LogP contribution in [0.4, 0.5) is 0 Å². The van der Waals surface area contributed by atoms with Crippen LogP contribution in [0.2, 0.25) is 0 Å².